The molecule has 102 valence electrons. The number of nitrogens with one attached hydrogen (secondary N) is 1. The van der Waals surface area contributed by atoms with Crippen molar-refractivity contribution in [2.24, 2.45) is 5.92 Å². The predicted molar refractivity (Wildman–Crippen MR) is 67.3 cm³/mol. The van der Waals surface area contributed by atoms with Gasteiger partial charge in [0.25, 0.3) is 0 Å². The number of hydrogen-bond acceptors (Lipinski definition) is 2. The summed E-state index contributed by atoms with van der Waals surface area (Å²) in [6.07, 6.45) is 5.78. The van der Waals surface area contributed by atoms with Gasteiger partial charge in [-0.3, -0.25) is 0 Å². The van der Waals surface area contributed by atoms with Crippen molar-refractivity contribution in [3.8, 4) is 0 Å². The number of amides is 2. The van der Waals surface area contributed by atoms with Gasteiger partial charge in [0.1, 0.15) is 6.04 Å². The van der Waals surface area contributed by atoms with E-state index in [1.165, 1.54) is 0 Å². The van der Waals surface area contributed by atoms with E-state index in [2.05, 4.69) is 5.32 Å². The topological polar surface area (TPSA) is 69.6 Å². The summed E-state index contributed by atoms with van der Waals surface area (Å²) >= 11 is 0. The Morgan fingerprint density at radius 1 is 1.33 bits per heavy atom. The summed E-state index contributed by atoms with van der Waals surface area (Å²) in [6, 6.07) is -0.587. The maximum absolute atomic E-state index is 12.1. The molecule has 0 unspecified atom stereocenters. The highest BCUT2D eigenvalue weighted by molar-refractivity contribution is 5.82. The van der Waals surface area contributed by atoms with Gasteiger partial charge in [-0.2, -0.15) is 0 Å². The lowest BCUT2D eigenvalue weighted by Crippen LogP contribution is -2.49. The molecule has 2 aliphatic rings. The molecule has 2 rings (SSSR count). The van der Waals surface area contributed by atoms with E-state index in [1.54, 1.807) is 4.90 Å². The SMILES string of the molecule is CCCN(C(=O)N[C@@H](CC1CC1)C(=O)O)C1CC1. The lowest BCUT2D eigenvalue weighted by Gasteiger charge is -2.24. The van der Waals surface area contributed by atoms with Crippen molar-refractivity contribution in [1.82, 2.24) is 10.2 Å². The number of nitrogens with zero attached hydrogens (tertiary/aromatic N) is 1. The fourth-order valence-corrected chi connectivity index (χ4v) is 2.22. The molecule has 2 aliphatic carbocycles. The minimum absolute atomic E-state index is 0.201. The average molecular weight is 254 g/mol. The summed E-state index contributed by atoms with van der Waals surface area (Å²) in [7, 11) is 0. The quantitative estimate of drug-likeness (QED) is 0.728. The highest BCUT2D eigenvalue weighted by Crippen LogP contribution is 2.33. The number of carboxylic acids is 1. The third-order valence-corrected chi connectivity index (χ3v) is 3.57. The third kappa shape index (κ3) is 3.62. The maximum atomic E-state index is 12.1. The van der Waals surface area contributed by atoms with E-state index < -0.39 is 12.0 Å². The number of aliphatic carboxylic acids is 1. The largest absolute Gasteiger partial charge is 0.480 e. The Balaban J connectivity index is 1.87. The highest BCUT2D eigenvalue weighted by atomic mass is 16.4. The van der Waals surface area contributed by atoms with Gasteiger partial charge in [0.15, 0.2) is 0 Å². The van der Waals surface area contributed by atoms with Gasteiger partial charge in [-0.25, -0.2) is 9.59 Å². The number of rotatable bonds is 7. The molecule has 5 heteroatoms. The molecule has 0 aliphatic heterocycles. The van der Waals surface area contributed by atoms with Crippen LogP contribution in [0.15, 0.2) is 0 Å². The molecular weight excluding hydrogens is 232 g/mol. The number of hydrogen-bond donors (Lipinski definition) is 2. The van der Waals surface area contributed by atoms with Crippen LogP contribution in [0, 0.1) is 5.92 Å². The van der Waals surface area contributed by atoms with Gasteiger partial charge in [0.05, 0.1) is 0 Å². The van der Waals surface area contributed by atoms with E-state index in [0.29, 0.717) is 24.9 Å². The molecule has 0 bridgehead atoms. The Kier molecular flexibility index (Phi) is 4.09. The van der Waals surface area contributed by atoms with E-state index >= 15 is 0 Å². The zero-order chi connectivity index (χ0) is 13.1. The van der Waals surface area contributed by atoms with Gasteiger partial charge >= 0.3 is 12.0 Å². The first-order valence-corrected chi connectivity index (χ1v) is 6.91. The summed E-state index contributed by atoms with van der Waals surface area (Å²) in [6.45, 7) is 2.74. The Hall–Kier alpha value is -1.26. The van der Waals surface area contributed by atoms with Crippen LogP contribution in [0.5, 0.6) is 0 Å². The van der Waals surface area contributed by atoms with Gasteiger partial charge in [-0.05, 0) is 31.6 Å². The molecule has 1 atom stereocenters. The minimum atomic E-state index is -0.914. The molecule has 0 aromatic carbocycles. The first-order valence-electron chi connectivity index (χ1n) is 6.91. The number of urea groups is 1. The molecule has 2 saturated carbocycles. The van der Waals surface area contributed by atoms with Crippen molar-refractivity contribution >= 4 is 12.0 Å². The molecule has 5 nitrogen and oxygen atoms in total. The molecule has 18 heavy (non-hydrogen) atoms. The summed E-state index contributed by atoms with van der Waals surface area (Å²) in [5.74, 6) is -0.422. The minimum Gasteiger partial charge on any atom is -0.480 e. The summed E-state index contributed by atoms with van der Waals surface area (Å²) in [5.41, 5.74) is 0. The summed E-state index contributed by atoms with van der Waals surface area (Å²) in [4.78, 5) is 25.0. The molecule has 0 aromatic heterocycles. The van der Waals surface area contributed by atoms with Crippen LogP contribution < -0.4 is 5.32 Å². The third-order valence-electron chi connectivity index (χ3n) is 3.57. The predicted octanol–water partition coefficient (Wildman–Crippen LogP) is 1.82. The Bertz CT molecular complexity index is 324. The number of carbonyl (C=O) groups excluding carboxylic acids is 1. The van der Waals surface area contributed by atoms with Crippen molar-refractivity contribution in [1.29, 1.82) is 0 Å². The zero-order valence-electron chi connectivity index (χ0n) is 10.9. The molecule has 2 N–H and O–H groups in total. The smallest absolute Gasteiger partial charge is 0.326 e. The Morgan fingerprint density at radius 2 is 2.00 bits per heavy atom. The van der Waals surface area contributed by atoms with Crippen LogP contribution in [-0.4, -0.2) is 40.6 Å². The van der Waals surface area contributed by atoms with E-state index in [4.69, 9.17) is 5.11 Å². The normalized spacial score (nSPS) is 20.3. The van der Waals surface area contributed by atoms with Crippen LogP contribution in [0.1, 0.15) is 45.4 Å². The van der Waals surface area contributed by atoms with Crippen LogP contribution in [-0.2, 0) is 4.79 Å². The van der Waals surface area contributed by atoms with E-state index in [9.17, 15) is 9.59 Å². The Morgan fingerprint density at radius 3 is 2.44 bits per heavy atom. The molecule has 0 saturated heterocycles. The molecular formula is C13H22N2O3. The molecule has 0 radical (unpaired) electrons. The highest BCUT2D eigenvalue weighted by Gasteiger charge is 2.35. The van der Waals surface area contributed by atoms with Gasteiger partial charge < -0.3 is 15.3 Å². The second-order valence-corrected chi connectivity index (χ2v) is 5.44. The van der Waals surface area contributed by atoms with E-state index in [1.807, 2.05) is 6.92 Å². The van der Waals surface area contributed by atoms with Crippen LogP contribution in [0.25, 0.3) is 0 Å². The summed E-state index contributed by atoms with van der Waals surface area (Å²) in [5, 5.41) is 11.8. The average Bonchev–Trinajstić information content (AvgIpc) is 3.16. The van der Waals surface area contributed by atoms with Crippen molar-refractivity contribution in [3.63, 3.8) is 0 Å². The van der Waals surface area contributed by atoms with Crippen molar-refractivity contribution < 1.29 is 14.7 Å². The van der Waals surface area contributed by atoms with Gasteiger partial charge in [-0.15, -0.1) is 0 Å². The van der Waals surface area contributed by atoms with Crippen LogP contribution >= 0.6 is 0 Å². The number of carbonyl (C=O) groups is 2. The second-order valence-electron chi connectivity index (χ2n) is 5.44. The van der Waals surface area contributed by atoms with E-state index in [-0.39, 0.29) is 6.03 Å². The second kappa shape index (κ2) is 5.59. The zero-order valence-corrected chi connectivity index (χ0v) is 10.9. The molecule has 2 amide bonds. The van der Waals surface area contributed by atoms with Crippen LogP contribution in [0.4, 0.5) is 4.79 Å². The van der Waals surface area contributed by atoms with Crippen LogP contribution in [0.3, 0.4) is 0 Å². The number of carboxylic acid groups (broad SMARTS) is 1. The fourth-order valence-electron chi connectivity index (χ4n) is 2.22. The van der Waals surface area contributed by atoms with Gasteiger partial charge in [-0.1, -0.05) is 19.8 Å². The maximum Gasteiger partial charge on any atom is 0.326 e. The van der Waals surface area contributed by atoms with Crippen molar-refractivity contribution in [2.75, 3.05) is 6.54 Å². The molecule has 0 spiro atoms. The van der Waals surface area contributed by atoms with Crippen molar-refractivity contribution in [3.05, 3.63) is 0 Å². The lowest BCUT2D eigenvalue weighted by atomic mass is 10.1. The summed E-state index contributed by atoms with van der Waals surface area (Å²) < 4.78 is 0. The van der Waals surface area contributed by atoms with Crippen molar-refractivity contribution in [2.45, 2.75) is 57.5 Å². The molecule has 0 heterocycles. The standard InChI is InChI=1S/C13H22N2O3/c1-2-7-15(10-5-6-10)13(18)14-11(12(16)17)8-9-3-4-9/h9-11H,2-8H2,1H3,(H,14,18)(H,16,17)/t11-/m0/s1. The fraction of sp³-hybridized carbons (Fsp3) is 0.846. The monoisotopic (exact) mass is 254 g/mol. The lowest BCUT2D eigenvalue weighted by molar-refractivity contribution is -0.139. The van der Waals surface area contributed by atoms with Crippen LogP contribution in [0.2, 0.25) is 0 Å². The van der Waals surface area contributed by atoms with Gasteiger partial charge in [0.2, 0.25) is 0 Å². The Labute approximate surface area is 108 Å². The molecule has 0 aromatic rings. The molecule has 2 fully saturated rings. The van der Waals surface area contributed by atoms with E-state index in [0.717, 1.165) is 32.1 Å². The first-order chi connectivity index (χ1) is 8.61. The first kappa shape index (κ1) is 13.2. The van der Waals surface area contributed by atoms with Gasteiger partial charge in [0, 0.05) is 12.6 Å².